The first kappa shape index (κ1) is 20.8. The minimum absolute atomic E-state index is 0.0626. The number of ether oxygens (including phenoxy) is 2. The van der Waals surface area contributed by atoms with Crippen molar-refractivity contribution in [1.29, 1.82) is 0 Å². The number of aliphatic imine (C=N–C) groups is 2. The second-order valence-corrected chi connectivity index (χ2v) is 9.07. The smallest absolute Gasteiger partial charge is 0.236 e. The highest BCUT2D eigenvalue weighted by molar-refractivity contribution is 5.98. The Balaban J connectivity index is 1.18. The van der Waals surface area contributed by atoms with Gasteiger partial charge in [-0.05, 0) is 44.8 Å². The number of nitrogens with zero attached hydrogens (tertiary/aromatic N) is 3. The molecule has 36 heavy (non-hydrogen) atoms. The molecule has 0 saturated heterocycles. The van der Waals surface area contributed by atoms with Crippen LogP contribution in [0.5, 0.6) is 0 Å². The maximum atomic E-state index is 6.02. The number of hydrogen-bond donors (Lipinski definition) is 0. The standard InChI is InChI=1S/C31H23N3O2/c1-3-12-22-20(8-1)10-5-14-24(22)28-18-35-30(33-28)26-16-7-17-27(32-26)31-34-29(19-36-31)25-15-6-11-21-9-2-4-13-23(21)25/h1-17,28-29H,18-19H2/t28-,29-/m1/s1. The van der Waals surface area contributed by atoms with Gasteiger partial charge in [-0.25, -0.2) is 15.0 Å². The van der Waals surface area contributed by atoms with Gasteiger partial charge in [0, 0.05) is 0 Å². The van der Waals surface area contributed by atoms with E-state index in [4.69, 9.17) is 24.4 Å². The minimum atomic E-state index is -0.0626. The number of rotatable bonds is 4. The Labute approximate surface area is 208 Å². The van der Waals surface area contributed by atoms with E-state index in [1.165, 1.54) is 32.7 Å². The van der Waals surface area contributed by atoms with Crippen LogP contribution < -0.4 is 0 Å². The van der Waals surface area contributed by atoms with Crippen LogP contribution in [-0.2, 0) is 9.47 Å². The lowest BCUT2D eigenvalue weighted by atomic mass is 10.00. The van der Waals surface area contributed by atoms with Gasteiger partial charge in [-0.3, -0.25) is 0 Å². The van der Waals surface area contributed by atoms with E-state index >= 15 is 0 Å². The van der Waals surface area contributed by atoms with E-state index in [9.17, 15) is 0 Å². The number of aromatic nitrogens is 1. The van der Waals surface area contributed by atoms with E-state index < -0.39 is 0 Å². The van der Waals surface area contributed by atoms with Gasteiger partial charge in [0.1, 0.15) is 36.7 Å². The molecule has 0 bridgehead atoms. The van der Waals surface area contributed by atoms with E-state index in [0.29, 0.717) is 36.4 Å². The Morgan fingerprint density at radius 1 is 0.500 bits per heavy atom. The van der Waals surface area contributed by atoms with Crippen LogP contribution in [0.15, 0.2) is 113 Å². The second kappa shape index (κ2) is 8.61. The van der Waals surface area contributed by atoms with Crippen molar-refractivity contribution in [2.75, 3.05) is 13.2 Å². The van der Waals surface area contributed by atoms with Crippen molar-refractivity contribution < 1.29 is 9.47 Å². The van der Waals surface area contributed by atoms with E-state index in [2.05, 4.69) is 84.9 Å². The molecule has 2 atom stereocenters. The zero-order valence-electron chi connectivity index (χ0n) is 19.5. The molecule has 3 heterocycles. The number of benzene rings is 4. The van der Waals surface area contributed by atoms with Crippen molar-refractivity contribution in [3.8, 4) is 0 Å². The predicted molar refractivity (Wildman–Crippen MR) is 143 cm³/mol. The van der Waals surface area contributed by atoms with Gasteiger partial charge in [0.2, 0.25) is 11.8 Å². The average Bonchev–Trinajstić information content (AvgIpc) is 3.63. The maximum absolute atomic E-state index is 6.02. The van der Waals surface area contributed by atoms with Gasteiger partial charge in [-0.15, -0.1) is 0 Å². The Kier molecular flexibility index (Phi) is 4.98. The van der Waals surface area contributed by atoms with Gasteiger partial charge in [-0.2, -0.15) is 0 Å². The molecule has 0 radical (unpaired) electrons. The first-order valence-corrected chi connectivity index (χ1v) is 12.2. The molecule has 0 fully saturated rings. The van der Waals surface area contributed by atoms with Crippen LogP contribution in [0.1, 0.15) is 34.6 Å². The van der Waals surface area contributed by atoms with Gasteiger partial charge in [0.25, 0.3) is 0 Å². The largest absolute Gasteiger partial charge is 0.474 e. The first-order valence-electron chi connectivity index (χ1n) is 12.2. The van der Waals surface area contributed by atoms with E-state index in [0.717, 1.165) is 0 Å². The number of hydrogen-bond acceptors (Lipinski definition) is 5. The summed E-state index contributed by atoms with van der Waals surface area (Å²) in [6.07, 6.45) is 0. The third-order valence-corrected chi connectivity index (χ3v) is 6.85. The first-order chi connectivity index (χ1) is 17.8. The fourth-order valence-corrected chi connectivity index (χ4v) is 5.10. The molecular weight excluding hydrogens is 446 g/mol. The third-order valence-electron chi connectivity index (χ3n) is 6.85. The van der Waals surface area contributed by atoms with Gasteiger partial charge >= 0.3 is 0 Å². The molecule has 5 heteroatoms. The molecule has 174 valence electrons. The topological polar surface area (TPSA) is 56.1 Å². The summed E-state index contributed by atoms with van der Waals surface area (Å²) in [4.78, 5) is 14.6. The molecule has 0 amide bonds. The molecule has 0 spiro atoms. The lowest BCUT2D eigenvalue weighted by molar-refractivity contribution is 0.318. The zero-order chi connectivity index (χ0) is 23.9. The van der Waals surface area contributed by atoms with Gasteiger partial charge in [-0.1, -0.05) is 91.0 Å². The normalized spacial score (nSPS) is 19.1. The summed E-state index contributed by atoms with van der Waals surface area (Å²) in [5.41, 5.74) is 3.71. The Hall–Kier alpha value is -4.51. The second-order valence-electron chi connectivity index (χ2n) is 9.07. The maximum Gasteiger partial charge on any atom is 0.236 e. The molecule has 1 aromatic heterocycles. The Morgan fingerprint density at radius 2 is 0.944 bits per heavy atom. The van der Waals surface area contributed by atoms with Crippen molar-refractivity contribution in [3.63, 3.8) is 0 Å². The van der Waals surface area contributed by atoms with Gasteiger partial charge in [0.15, 0.2) is 0 Å². The fraction of sp³-hybridized carbons (Fsp3) is 0.129. The Bertz CT molecular complexity index is 1540. The lowest BCUT2D eigenvalue weighted by Gasteiger charge is -2.09. The molecule has 5 nitrogen and oxygen atoms in total. The molecule has 4 aromatic carbocycles. The SMILES string of the molecule is c1cc(C2=N[C@@H](c3cccc4ccccc34)CO2)nc(C2=N[C@@H](c3cccc4ccccc34)CO2)c1. The van der Waals surface area contributed by atoms with Crippen molar-refractivity contribution in [3.05, 3.63) is 126 Å². The number of fused-ring (bicyclic) bond motifs is 2. The lowest BCUT2D eigenvalue weighted by Crippen LogP contribution is -2.09. The van der Waals surface area contributed by atoms with Crippen molar-refractivity contribution in [2.45, 2.75) is 12.1 Å². The summed E-state index contributed by atoms with van der Waals surface area (Å²) < 4.78 is 12.0. The van der Waals surface area contributed by atoms with Crippen molar-refractivity contribution in [2.24, 2.45) is 9.98 Å². The summed E-state index contributed by atoms with van der Waals surface area (Å²) in [5, 5.41) is 4.81. The number of pyridine rings is 1. The quantitative estimate of drug-likeness (QED) is 0.305. The van der Waals surface area contributed by atoms with Crippen LogP contribution in [0.25, 0.3) is 21.5 Å². The summed E-state index contributed by atoms with van der Waals surface area (Å²) >= 11 is 0. The summed E-state index contributed by atoms with van der Waals surface area (Å²) in [6, 6.07) is 35.1. The predicted octanol–water partition coefficient (Wildman–Crippen LogP) is 6.42. The monoisotopic (exact) mass is 469 g/mol. The molecule has 2 aliphatic rings. The molecule has 0 aliphatic carbocycles. The molecule has 2 aliphatic heterocycles. The molecule has 7 rings (SSSR count). The average molecular weight is 470 g/mol. The molecular formula is C31H23N3O2. The van der Waals surface area contributed by atoms with Crippen molar-refractivity contribution >= 4 is 33.3 Å². The van der Waals surface area contributed by atoms with Crippen LogP contribution in [0.2, 0.25) is 0 Å². The highest BCUT2D eigenvalue weighted by atomic mass is 16.5. The highest BCUT2D eigenvalue weighted by Gasteiger charge is 2.27. The summed E-state index contributed by atoms with van der Waals surface area (Å²) in [5.74, 6) is 1.11. The molecule has 0 saturated carbocycles. The van der Waals surface area contributed by atoms with Crippen LogP contribution in [0.4, 0.5) is 0 Å². The van der Waals surface area contributed by atoms with E-state index in [-0.39, 0.29) is 12.1 Å². The van der Waals surface area contributed by atoms with Crippen molar-refractivity contribution in [1.82, 2.24) is 4.98 Å². The van der Waals surface area contributed by atoms with Crippen LogP contribution in [-0.4, -0.2) is 30.0 Å². The molecule has 0 N–H and O–H groups in total. The minimum Gasteiger partial charge on any atom is -0.474 e. The van der Waals surface area contributed by atoms with Crippen LogP contribution in [0.3, 0.4) is 0 Å². The molecule has 5 aromatic rings. The zero-order valence-corrected chi connectivity index (χ0v) is 19.5. The van der Waals surface area contributed by atoms with Gasteiger partial charge in [0.05, 0.1) is 0 Å². The van der Waals surface area contributed by atoms with Crippen LogP contribution in [0, 0.1) is 0 Å². The summed E-state index contributed by atoms with van der Waals surface area (Å²) in [6.45, 7) is 0.992. The third kappa shape index (κ3) is 3.60. The van der Waals surface area contributed by atoms with E-state index in [1.54, 1.807) is 0 Å². The Morgan fingerprint density at radius 3 is 1.47 bits per heavy atom. The van der Waals surface area contributed by atoms with Crippen LogP contribution >= 0.6 is 0 Å². The molecule has 0 unspecified atom stereocenters. The van der Waals surface area contributed by atoms with Gasteiger partial charge < -0.3 is 9.47 Å². The highest BCUT2D eigenvalue weighted by Crippen LogP contribution is 2.32. The van der Waals surface area contributed by atoms with E-state index in [1.807, 2.05) is 18.2 Å². The fourth-order valence-electron chi connectivity index (χ4n) is 5.10. The summed E-state index contributed by atoms with van der Waals surface area (Å²) in [7, 11) is 0.